The van der Waals surface area contributed by atoms with E-state index in [1.54, 1.807) is 13.3 Å². The second-order valence-corrected chi connectivity index (χ2v) is 5.90. The van der Waals surface area contributed by atoms with Gasteiger partial charge in [-0.3, -0.25) is 4.79 Å². The number of aromatic nitrogens is 2. The van der Waals surface area contributed by atoms with Gasteiger partial charge in [-0.05, 0) is 41.1 Å². The summed E-state index contributed by atoms with van der Waals surface area (Å²) in [7, 11) is 1.60. The summed E-state index contributed by atoms with van der Waals surface area (Å²) < 4.78 is 7.07. The standard InChI is InChI=1S/C13H20BrN3O3/c1-20-8-10(4-5-18)16-11-6-15-17(7-9-2-3-9)13(19)12(11)14/h6,9-10,16,18H,2-5,7-8H2,1H3. The van der Waals surface area contributed by atoms with E-state index in [1.165, 1.54) is 17.5 Å². The Labute approximate surface area is 126 Å². The van der Waals surface area contributed by atoms with E-state index in [4.69, 9.17) is 9.84 Å². The number of ether oxygens (including phenoxy) is 1. The van der Waals surface area contributed by atoms with Gasteiger partial charge < -0.3 is 15.2 Å². The second-order valence-electron chi connectivity index (χ2n) is 5.11. The van der Waals surface area contributed by atoms with Crippen molar-refractivity contribution in [2.24, 2.45) is 5.92 Å². The molecule has 0 saturated heterocycles. The first-order valence-corrected chi connectivity index (χ1v) is 7.57. The molecule has 0 aliphatic heterocycles. The summed E-state index contributed by atoms with van der Waals surface area (Å²) in [6, 6.07) is -0.0539. The Hall–Kier alpha value is -0.920. The second kappa shape index (κ2) is 7.19. The molecule has 0 spiro atoms. The highest BCUT2D eigenvalue weighted by Gasteiger charge is 2.23. The molecular weight excluding hydrogens is 326 g/mol. The van der Waals surface area contributed by atoms with Crippen LogP contribution in [0.1, 0.15) is 19.3 Å². The molecule has 1 heterocycles. The smallest absolute Gasteiger partial charge is 0.283 e. The fourth-order valence-electron chi connectivity index (χ4n) is 2.01. The first-order valence-electron chi connectivity index (χ1n) is 6.77. The fraction of sp³-hybridized carbons (Fsp3) is 0.692. The highest BCUT2D eigenvalue weighted by Crippen LogP contribution is 2.30. The van der Waals surface area contributed by atoms with Gasteiger partial charge in [-0.2, -0.15) is 5.10 Å². The predicted octanol–water partition coefficient (Wildman–Crippen LogP) is 1.23. The van der Waals surface area contributed by atoms with E-state index in [9.17, 15) is 4.79 Å². The summed E-state index contributed by atoms with van der Waals surface area (Å²) >= 11 is 3.33. The molecule has 1 atom stereocenters. The number of rotatable bonds is 8. The van der Waals surface area contributed by atoms with Crippen molar-refractivity contribution < 1.29 is 9.84 Å². The number of hydrogen-bond acceptors (Lipinski definition) is 5. The lowest BCUT2D eigenvalue weighted by atomic mass is 10.2. The van der Waals surface area contributed by atoms with Gasteiger partial charge in [-0.15, -0.1) is 0 Å². The number of aliphatic hydroxyl groups is 1. The molecule has 1 saturated carbocycles. The molecule has 0 bridgehead atoms. The first kappa shape index (κ1) is 15.5. The van der Waals surface area contributed by atoms with Crippen LogP contribution in [0, 0.1) is 5.92 Å². The van der Waals surface area contributed by atoms with Crippen LogP contribution in [0.5, 0.6) is 0 Å². The molecule has 112 valence electrons. The first-order chi connectivity index (χ1) is 9.65. The molecular formula is C13H20BrN3O3. The van der Waals surface area contributed by atoms with E-state index in [1.807, 2.05) is 0 Å². The quantitative estimate of drug-likeness (QED) is 0.740. The van der Waals surface area contributed by atoms with E-state index in [0.717, 1.165) is 0 Å². The molecule has 1 unspecified atom stereocenters. The van der Waals surface area contributed by atoms with Crippen LogP contribution in [0.25, 0.3) is 0 Å². The number of nitrogens with zero attached hydrogens (tertiary/aromatic N) is 2. The lowest BCUT2D eigenvalue weighted by molar-refractivity contribution is 0.170. The van der Waals surface area contributed by atoms with Crippen LogP contribution < -0.4 is 10.9 Å². The van der Waals surface area contributed by atoms with Gasteiger partial charge >= 0.3 is 0 Å². The van der Waals surface area contributed by atoms with E-state index in [0.29, 0.717) is 35.7 Å². The number of nitrogens with one attached hydrogen (secondary N) is 1. The van der Waals surface area contributed by atoms with Crippen molar-refractivity contribution in [3.05, 3.63) is 21.0 Å². The Balaban J connectivity index is 2.10. The summed E-state index contributed by atoms with van der Waals surface area (Å²) in [5, 5.41) is 16.4. The molecule has 1 aliphatic rings. The molecule has 2 N–H and O–H groups in total. The monoisotopic (exact) mass is 345 g/mol. The summed E-state index contributed by atoms with van der Waals surface area (Å²) in [6.45, 7) is 1.21. The van der Waals surface area contributed by atoms with Crippen LogP contribution >= 0.6 is 15.9 Å². The Morgan fingerprint density at radius 3 is 3.00 bits per heavy atom. The van der Waals surface area contributed by atoms with E-state index >= 15 is 0 Å². The van der Waals surface area contributed by atoms with Crippen molar-refractivity contribution in [3.8, 4) is 0 Å². The third kappa shape index (κ3) is 4.04. The molecule has 6 nitrogen and oxygen atoms in total. The summed E-state index contributed by atoms with van der Waals surface area (Å²) in [5.41, 5.74) is 0.514. The Bertz CT molecular complexity index is 496. The third-order valence-corrected chi connectivity index (χ3v) is 4.08. The normalized spacial score (nSPS) is 16.1. The topological polar surface area (TPSA) is 76.4 Å². The zero-order valence-corrected chi connectivity index (χ0v) is 13.1. The van der Waals surface area contributed by atoms with E-state index in [-0.39, 0.29) is 18.2 Å². The van der Waals surface area contributed by atoms with Crippen molar-refractivity contribution in [1.29, 1.82) is 0 Å². The van der Waals surface area contributed by atoms with E-state index < -0.39 is 0 Å². The van der Waals surface area contributed by atoms with Gasteiger partial charge in [0.1, 0.15) is 4.47 Å². The van der Waals surface area contributed by atoms with Crippen LogP contribution in [0.3, 0.4) is 0 Å². The minimum atomic E-state index is -0.123. The zero-order chi connectivity index (χ0) is 14.5. The number of halogens is 1. The van der Waals surface area contributed by atoms with Gasteiger partial charge in [0.05, 0.1) is 24.5 Å². The number of hydrogen-bond donors (Lipinski definition) is 2. The van der Waals surface area contributed by atoms with Gasteiger partial charge in [-0.25, -0.2) is 4.68 Å². The lowest BCUT2D eigenvalue weighted by Gasteiger charge is -2.19. The van der Waals surface area contributed by atoms with E-state index in [2.05, 4.69) is 26.3 Å². The number of aliphatic hydroxyl groups excluding tert-OH is 1. The average molecular weight is 346 g/mol. The molecule has 7 heteroatoms. The third-order valence-electron chi connectivity index (χ3n) is 3.32. The molecule has 20 heavy (non-hydrogen) atoms. The van der Waals surface area contributed by atoms with Crippen molar-refractivity contribution in [1.82, 2.24) is 9.78 Å². The van der Waals surface area contributed by atoms with Crippen molar-refractivity contribution >= 4 is 21.6 Å². The zero-order valence-electron chi connectivity index (χ0n) is 11.5. The summed E-state index contributed by atoms with van der Waals surface area (Å²) in [6.07, 6.45) is 4.55. The minimum Gasteiger partial charge on any atom is -0.396 e. The van der Waals surface area contributed by atoms with Gasteiger partial charge in [0, 0.05) is 20.3 Å². The van der Waals surface area contributed by atoms with Gasteiger partial charge in [0.2, 0.25) is 0 Å². The summed E-state index contributed by atoms with van der Waals surface area (Å²) in [5.74, 6) is 0.599. The molecule has 1 aromatic heterocycles. The predicted molar refractivity (Wildman–Crippen MR) is 79.9 cm³/mol. The lowest BCUT2D eigenvalue weighted by Crippen LogP contribution is -2.30. The molecule has 1 aromatic rings. The SMILES string of the molecule is COCC(CCO)Nc1cnn(CC2CC2)c(=O)c1Br. The highest BCUT2D eigenvalue weighted by atomic mass is 79.9. The maximum atomic E-state index is 12.2. The Morgan fingerprint density at radius 1 is 1.65 bits per heavy atom. The maximum Gasteiger partial charge on any atom is 0.283 e. The van der Waals surface area contributed by atoms with Gasteiger partial charge in [0.15, 0.2) is 0 Å². The molecule has 0 aromatic carbocycles. The van der Waals surface area contributed by atoms with Crippen LogP contribution in [0.2, 0.25) is 0 Å². The molecule has 0 amide bonds. The Morgan fingerprint density at radius 2 is 2.40 bits per heavy atom. The van der Waals surface area contributed by atoms with Gasteiger partial charge in [0.25, 0.3) is 5.56 Å². The largest absolute Gasteiger partial charge is 0.396 e. The minimum absolute atomic E-state index is 0.0539. The molecule has 2 rings (SSSR count). The Kier molecular flexibility index (Phi) is 5.56. The van der Waals surface area contributed by atoms with Gasteiger partial charge in [-0.1, -0.05) is 0 Å². The van der Waals surface area contributed by atoms with Crippen LogP contribution in [-0.4, -0.2) is 41.3 Å². The molecule has 0 radical (unpaired) electrons. The molecule has 1 fully saturated rings. The van der Waals surface area contributed by atoms with Crippen molar-refractivity contribution in [2.75, 3.05) is 25.6 Å². The molecule has 1 aliphatic carbocycles. The highest BCUT2D eigenvalue weighted by molar-refractivity contribution is 9.10. The number of anilines is 1. The van der Waals surface area contributed by atoms with Crippen LogP contribution in [0.15, 0.2) is 15.5 Å². The fourth-order valence-corrected chi connectivity index (χ4v) is 2.44. The maximum absolute atomic E-state index is 12.2. The summed E-state index contributed by atoms with van der Waals surface area (Å²) in [4.78, 5) is 12.2. The number of methoxy groups -OCH3 is 1. The van der Waals surface area contributed by atoms with Crippen LogP contribution in [-0.2, 0) is 11.3 Å². The van der Waals surface area contributed by atoms with Crippen molar-refractivity contribution in [3.63, 3.8) is 0 Å². The average Bonchev–Trinajstić information content (AvgIpc) is 3.23. The van der Waals surface area contributed by atoms with Crippen LogP contribution in [0.4, 0.5) is 5.69 Å². The van der Waals surface area contributed by atoms with Crippen molar-refractivity contribution in [2.45, 2.75) is 31.8 Å².